The zero-order chi connectivity index (χ0) is 13.0. The van der Waals surface area contributed by atoms with Gasteiger partial charge in [-0.1, -0.05) is 0 Å². The number of amides is 1. The molecule has 0 aliphatic heterocycles. The average Bonchev–Trinajstić information content (AvgIpc) is 2.28. The molecule has 1 amide bonds. The first-order valence-corrected chi connectivity index (χ1v) is 5.13. The van der Waals surface area contributed by atoms with Crippen LogP contribution in [0.4, 0.5) is 0 Å². The van der Waals surface area contributed by atoms with Crippen molar-refractivity contribution in [1.82, 2.24) is 4.90 Å². The zero-order valence-corrected chi connectivity index (χ0v) is 10.0. The molecule has 17 heavy (non-hydrogen) atoms. The van der Waals surface area contributed by atoms with Gasteiger partial charge in [0.25, 0.3) is 5.91 Å². The summed E-state index contributed by atoms with van der Waals surface area (Å²) < 4.78 is 5.39. The molecule has 0 radical (unpaired) electrons. The summed E-state index contributed by atoms with van der Waals surface area (Å²) >= 11 is 0. The molecule has 0 aromatic heterocycles. The highest BCUT2D eigenvalue weighted by molar-refractivity contribution is 5.87. The normalized spacial score (nSPS) is 11.7. The molecule has 0 fully saturated rings. The molecule has 0 heterocycles. The number of likely N-dealkylation sites (N-methyl/N-ethyl adjacent to an activating group) is 1. The van der Waals surface area contributed by atoms with Gasteiger partial charge >= 0.3 is 5.97 Å². The molecular weight excluding hydrogens is 222 g/mol. The lowest BCUT2D eigenvalue weighted by molar-refractivity contribution is -0.135. The summed E-state index contributed by atoms with van der Waals surface area (Å²) in [5.41, 5.74) is 0.184. The highest BCUT2D eigenvalue weighted by atomic mass is 16.5. The number of carboxylic acids is 1. The van der Waals surface area contributed by atoms with Crippen LogP contribution in [0.2, 0.25) is 0 Å². The number of hydrogen-bond donors (Lipinski definition) is 1. The van der Waals surface area contributed by atoms with Gasteiger partial charge in [0.15, 0.2) is 6.10 Å². The van der Waals surface area contributed by atoms with Crippen LogP contribution < -0.4 is 4.74 Å². The molecule has 1 aromatic rings. The van der Waals surface area contributed by atoms with Crippen LogP contribution in [-0.2, 0) is 4.79 Å². The Morgan fingerprint density at radius 1 is 1.24 bits per heavy atom. The molecule has 0 aliphatic carbocycles. The van der Waals surface area contributed by atoms with E-state index in [1.807, 2.05) is 0 Å². The molecule has 0 spiro atoms. The van der Waals surface area contributed by atoms with E-state index in [2.05, 4.69) is 0 Å². The molecule has 0 bridgehead atoms. The van der Waals surface area contributed by atoms with Gasteiger partial charge in [-0.05, 0) is 31.2 Å². The Balaban J connectivity index is 2.69. The molecule has 1 aromatic carbocycles. The lowest BCUT2D eigenvalue weighted by atomic mass is 10.2. The van der Waals surface area contributed by atoms with Gasteiger partial charge in [-0.2, -0.15) is 0 Å². The Hall–Kier alpha value is -2.04. The van der Waals surface area contributed by atoms with Crippen molar-refractivity contribution in [3.05, 3.63) is 29.8 Å². The summed E-state index contributed by atoms with van der Waals surface area (Å²) in [5, 5.41) is 8.72. The molecular formula is C12H15NO4. The van der Waals surface area contributed by atoms with Gasteiger partial charge in [0, 0.05) is 14.1 Å². The molecule has 5 heteroatoms. The molecule has 1 rings (SSSR count). The van der Waals surface area contributed by atoms with Crippen molar-refractivity contribution in [2.75, 3.05) is 14.1 Å². The molecule has 0 aliphatic rings. The maximum atomic E-state index is 11.5. The topological polar surface area (TPSA) is 66.8 Å². The molecule has 92 valence electrons. The van der Waals surface area contributed by atoms with Crippen molar-refractivity contribution < 1.29 is 19.4 Å². The number of nitrogens with zero attached hydrogens (tertiary/aromatic N) is 1. The van der Waals surface area contributed by atoms with Crippen molar-refractivity contribution >= 4 is 11.9 Å². The first kappa shape index (κ1) is 13.0. The second-order valence-electron chi connectivity index (χ2n) is 3.82. The SMILES string of the molecule is C[C@H](Oc1ccc(C(=O)O)cc1)C(=O)N(C)C. The number of aromatic carboxylic acids is 1. The van der Waals surface area contributed by atoms with Crippen molar-refractivity contribution in [1.29, 1.82) is 0 Å². The van der Waals surface area contributed by atoms with Gasteiger partial charge < -0.3 is 14.7 Å². The Kier molecular flexibility index (Phi) is 4.09. The standard InChI is InChI=1S/C12H15NO4/c1-8(11(14)13(2)3)17-10-6-4-9(5-7-10)12(15)16/h4-8H,1-3H3,(H,15,16)/t8-/m0/s1. The Bertz CT molecular complexity index is 411. The summed E-state index contributed by atoms with van der Waals surface area (Å²) in [5.74, 6) is -0.668. The maximum Gasteiger partial charge on any atom is 0.335 e. The van der Waals surface area contributed by atoms with E-state index in [9.17, 15) is 9.59 Å². The van der Waals surface area contributed by atoms with E-state index in [0.717, 1.165) is 0 Å². The van der Waals surface area contributed by atoms with Gasteiger partial charge in [0.1, 0.15) is 5.75 Å². The third-order valence-corrected chi connectivity index (χ3v) is 2.20. The predicted molar refractivity (Wildman–Crippen MR) is 62.2 cm³/mol. The van der Waals surface area contributed by atoms with Crippen LogP contribution in [-0.4, -0.2) is 42.1 Å². The lowest BCUT2D eigenvalue weighted by Gasteiger charge is -2.18. The van der Waals surface area contributed by atoms with Gasteiger partial charge in [-0.15, -0.1) is 0 Å². The molecule has 0 saturated heterocycles. The number of rotatable bonds is 4. The average molecular weight is 237 g/mol. The lowest BCUT2D eigenvalue weighted by Crippen LogP contribution is -2.35. The van der Waals surface area contributed by atoms with Crippen molar-refractivity contribution in [2.24, 2.45) is 0 Å². The monoisotopic (exact) mass is 237 g/mol. The van der Waals surface area contributed by atoms with Crippen LogP contribution in [0.15, 0.2) is 24.3 Å². The van der Waals surface area contributed by atoms with Crippen molar-refractivity contribution in [3.8, 4) is 5.75 Å². The number of ether oxygens (including phenoxy) is 1. The smallest absolute Gasteiger partial charge is 0.335 e. The summed E-state index contributed by atoms with van der Waals surface area (Å²) in [7, 11) is 3.30. The third-order valence-electron chi connectivity index (χ3n) is 2.20. The number of carboxylic acid groups (broad SMARTS) is 1. The van der Waals surface area contributed by atoms with Crippen molar-refractivity contribution in [2.45, 2.75) is 13.0 Å². The fourth-order valence-corrected chi connectivity index (χ4v) is 1.29. The van der Waals surface area contributed by atoms with Gasteiger partial charge in [-0.3, -0.25) is 4.79 Å². The maximum absolute atomic E-state index is 11.5. The van der Waals surface area contributed by atoms with Crippen LogP contribution in [0.3, 0.4) is 0 Å². The summed E-state index contributed by atoms with van der Waals surface area (Å²) in [6.45, 7) is 1.65. The van der Waals surface area contributed by atoms with Crippen LogP contribution in [0.1, 0.15) is 17.3 Å². The first-order chi connectivity index (χ1) is 7.91. The highest BCUT2D eigenvalue weighted by Crippen LogP contribution is 2.14. The minimum atomic E-state index is -0.992. The largest absolute Gasteiger partial charge is 0.481 e. The Labute approximate surface area is 99.6 Å². The van der Waals surface area contributed by atoms with Gasteiger partial charge in [-0.25, -0.2) is 4.79 Å². The molecule has 5 nitrogen and oxygen atoms in total. The molecule has 0 saturated carbocycles. The number of benzene rings is 1. The summed E-state index contributed by atoms with van der Waals surface area (Å²) in [4.78, 5) is 23.6. The van der Waals surface area contributed by atoms with Crippen LogP contribution >= 0.6 is 0 Å². The number of carbonyl (C=O) groups excluding carboxylic acids is 1. The second kappa shape index (κ2) is 5.34. The zero-order valence-electron chi connectivity index (χ0n) is 10.0. The second-order valence-corrected chi connectivity index (χ2v) is 3.82. The number of carbonyl (C=O) groups is 2. The fourth-order valence-electron chi connectivity index (χ4n) is 1.29. The van der Waals surface area contributed by atoms with E-state index in [1.54, 1.807) is 21.0 Å². The third kappa shape index (κ3) is 3.48. The van der Waals surface area contributed by atoms with Gasteiger partial charge in [0.05, 0.1) is 5.56 Å². The Morgan fingerprint density at radius 2 is 1.76 bits per heavy atom. The first-order valence-electron chi connectivity index (χ1n) is 5.13. The van der Waals surface area contributed by atoms with Crippen LogP contribution in [0, 0.1) is 0 Å². The molecule has 0 unspecified atom stereocenters. The van der Waals surface area contributed by atoms with Crippen LogP contribution in [0.5, 0.6) is 5.75 Å². The molecule has 1 N–H and O–H groups in total. The predicted octanol–water partition coefficient (Wildman–Crippen LogP) is 1.24. The summed E-state index contributed by atoms with van der Waals surface area (Å²) in [6.07, 6.45) is -0.597. The van der Waals surface area contributed by atoms with E-state index >= 15 is 0 Å². The van der Waals surface area contributed by atoms with E-state index in [-0.39, 0.29) is 11.5 Å². The van der Waals surface area contributed by atoms with E-state index in [1.165, 1.54) is 29.2 Å². The minimum absolute atomic E-state index is 0.146. The number of hydrogen-bond acceptors (Lipinski definition) is 3. The Morgan fingerprint density at radius 3 is 2.18 bits per heavy atom. The molecule has 1 atom stereocenters. The summed E-state index contributed by atoms with van der Waals surface area (Å²) in [6, 6.07) is 5.93. The minimum Gasteiger partial charge on any atom is -0.481 e. The van der Waals surface area contributed by atoms with E-state index in [0.29, 0.717) is 5.75 Å². The van der Waals surface area contributed by atoms with E-state index < -0.39 is 12.1 Å². The van der Waals surface area contributed by atoms with Gasteiger partial charge in [0.2, 0.25) is 0 Å². The van der Waals surface area contributed by atoms with Crippen LogP contribution in [0.25, 0.3) is 0 Å². The van der Waals surface area contributed by atoms with E-state index in [4.69, 9.17) is 9.84 Å². The fraction of sp³-hybridized carbons (Fsp3) is 0.333. The quantitative estimate of drug-likeness (QED) is 0.855. The highest BCUT2D eigenvalue weighted by Gasteiger charge is 2.16. The van der Waals surface area contributed by atoms with Crippen molar-refractivity contribution in [3.63, 3.8) is 0 Å².